The van der Waals surface area contributed by atoms with Gasteiger partial charge in [-0.15, -0.1) is 0 Å². The number of benzene rings is 2. The van der Waals surface area contributed by atoms with Crippen molar-refractivity contribution >= 4 is 17.4 Å². The van der Waals surface area contributed by atoms with Gasteiger partial charge in [0.2, 0.25) is 5.78 Å². The quantitative estimate of drug-likeness (QED) is 0.316. The lowest BCUT2D eigenvalue weighted by atomic mass is 9.95. The number of ether oxygens (including phenoxy) is 3. The normalized spacial score (nSPS) is 17.4. The number of methoxy groups -OCH3 is 3. The number of quaternary nitrogens is 1. The largest absolute Gasteiger partial charge is 0.872 e. The van der Waals surface area contributed by atoms with E-state index in [-0.39, 0.29) is 5.57 Å². The monoisotopic (exact) mass is 468 g/mol. The first-order valence-electron chi connectivity index (χ1n) is 11.4. The second-order valence-corrected chi connectivity index (χ2v) is 8.02. The minimum atomic E-state index is -0.815. The molecule has 0 aromatic heterocycles. The Kier molecular flexibility index (Phi) is 8.17. The van der Waals surface area contributed by atoms with E-state index in [1.54, 1.807) is 42.5 Å². The summed E-state index contributed by atoms with van der Waals surface area (Å²) in [4.78, 5) is 29.1. The van der Waals surface area contributed by atoms with E-state index in [4.69, 9.17) is 14.2 Å². The van der Waals surface area contributed by atoms with Crippen LogP contribution in [0.3, 0.4) is 0 Å². The zero-order chi connectivity index (χ0) is 24.8. The van der Waals surface area contributed by atoms with Gasteiger partial charge in [-0.05, 0) is 49.2 Å². The molecular weight excluding hydrogens is 436 g/mol. The van der Waals surface area contributed by atoms with Crippen molar-refractivity contribution in [3.63, 3.8) is 0 Å². The third-order valence-corrected chi connectivity index (χ3v) is 6.31. The van der Waals surface area contributed by atoms with Crippen LogP contribution >= 0.6 is 0 Å². The Morgan fingerprint density at radius 3 is 2.15 bits per heavy atom. The van der Waals surface area contributed by atoms with Crippen molar-refractivity contribution in [2.45, 2.75) is 19.9 Å². The van der Waals surface area contributed by atoms with Gasteiger partial charge in [0, 0.05) is 5.57 Å². The number of nitrogens with zero attached hydrogens (tertiary/aromatic N) is 1. The number of ketones is 1. The van der Waals surface area contributed by atoms with E-state index in [1.165, 1.54) is 31.1 Å². The Labute approximate surface area is 200 Å². The molecule has 34 heavy (non-hydrogen) atoms. The molecule has 1 atom stereocenters. The van der Waals surface area contributed by atoms with E-state index in [9.17, 15) is 14.7 Å². The zero-order valence-corrected chi connectivity index (χ0v) is 20.3. The average Bonchev–Trinajstić information content (AvgIpc) is 3.13. The minimum absolute atomic E-state index is 0.0584. The summed E-state index contributed by atoms with van der Waals surface area (Å²) in [5, 5.41) is 13.5. The number of likely N-dealkylation sites (N-methyl/N-ethyl adjacent to an activating group) is 1. The van der Waals surface area contributed by atoms with Gasteiger partial charge in [0.15, 0.2) is 11.5 Å². The molecule has 2 aromatic rings. The van der Waals surface area contributed by atoms with Gasteiger partial charge in [0.05, 0.1) is 53.6 Å². The molecule has 0 bridgehead atoms. The molecule has 182 valence electrons. The van der Waals surface area contributed by atoms with Gasteiger partial charge in [-0.1, -0.05) is 24.0 Å². The molecule has 0 aliphatic carbocycles. The summed E-state index contributed by atoms with van der Waals surface area (Å²) in [5.74, 6) is -0.339. The highest BCUT2D eigenvalue weighted by Gasteiger charge is 2.44. The maximum atomic E-state index is 13.5. The first-order valence-corrected chi connectivity index (χ1v) is 11.4. The highest BCUT2D eigenvalue weighted by molar-refractivity contribution is 6.46. The smallest absolute Gasteiger partial charge is 0.295 e. The predicted octanol–water partition coefficient (Wildman–Crippen LogP) is 0.861. The van der Waals surface area contributed by atoms with E-state index in [0.29, 0.717) is 41.5 Å². The summed E-state index contributed by atoms with van der Waals surface area (Å²) in [6.07, 6.45) is 0. The Balaban J connectivity index is 2.13. The average molecular weight is 469 g/mol. The number of likely N-dealkylation sites (tertiary alicyclic amines) is 1. The van der Waals surface area contributed by atoms with Crippen LogP contribution in [0, 0.1) is 0 Å². The first-order chi connectivity index (χ1) is 16.4. The van der Waals surface area contributed by atoms with Crippen molar-refractivity contribution in [3.05, 3.63) is 59.2 Å². The van der Waals surface area contributed by atoms with Crippen molar-refractivity contribution in [1.29, 1.82) is 0 Å². The SMILES string of the molecule is CC[NH+](CC)CCN1C(=O)C(=O)/C(=C(/[O-])c2ccc(OC)cc2)C1c1ccc(OC)c(OC)c1. The molecule has 1 aliphatic heterocycles. The second-order valence-electron chi connectivity index (χ2n) is 8.02. The molecule has 8 heteroatoms. The summed E-state index contributed by atoms with van der Waals surface area (Å²) >= 11 is 0. The Hall–Kier alpha value is -3.52. The molecule has 1 heterocycles. The third kappa shape index (κ3) is 4.87. The van der Waals surface area contributed by atoms with E-state index < -0.39 is 23.5 Å². The summed E-state index contributed by atoms with van der Waals surface area (Å²) in [6, 6.07) is 10.9. The lowest BCUT2D eigenvalue weighted by Gasteiger charge is -2.29. The van der Waals surface area contributed by atoms with Crippen LogP contribution in [0.4, 0.5) is 0 Å². The van der Waals surface area contributed by atoms with Gasteiger partial charge < -0.3 is 29.1 Å². The summed E-state index contributed by atoms with van der Waals surface area (Å²) in [6.45, 7) is 6.96. The van der Waals surface area contributed by atoms with E-state index in [2.05, 4.69) is 13.8 Å². The Bertz CT molecular complexity index is 1060. The van der Waals surface area contributed by atoms with Gasteiger partial charge in [-0.3, -0.25) is 9.59 Å². The summed E-state index contributed by atoms with van der Waals surface area (Å²) in [5.41, 5.74) is 0.874. The topological polar surface area (TPSA) is 92.6 Å². The lowest BCUT2D eigenvalue weighted by Crippen LogP contribution is -3.12. The maximum absolute atomic E-state index is 13.5. The lowest BCUT2D eigenvalue weighted by molar-refractivity contribution is -0.895. The number of hydrogen-bond acceptors (Lipinski definition) is 6. The highest BCUT2D eigenvalue weighted by atomic mass is 16.5. The fraction of sp³-hybridized carbons (Fsp3) is 0.385. The highest BCUT2D eigenvalue weighted by Crippen LogP contribution is 2.41. The fourth-order valence-electron chi connectivity index (χ4n) is 4.25. The van der Waals surface area contributed by atoms with Crippen LogP contribution < -0.4 is 24.2 Å². The number of carbonyl (C=O) groups is 2. The van der Waals surface area contributed by atoms with Gasteiger partial charge in [0.25, 0.3) is 5.91 Å². The van der Waals surface area contributed by atoms with Gasteiger partial charge >= 0.3 is 0 Å². The number of rotatable bonds is 10. The molecule has 1 amide bonds. The molecule has 1 aliphatic rings. The standard InChI is InChI=1S/C26H32N2O6/c1-6-27(7-2)14-15-28-23(18-10-13-20(33-4)21(16-18)34-5)22(25(30)26(28)31)24(29)17-8-11-19(32-3)12-9-17/h8-13,16,23,29H,6-7,14-15H2,1-5H3/b24-22+. The molecule has 0 spiro atoms. The summed E-state index contributed by atoms with van der Waals surface area (Å²) in [7, 11) is 4.58. The molecular formula is C26H32N2O6. The van der Waals surface area contributed by atoms with E-state index in [0.717, 1.165) is 13.1 Å². The molecule has 0 saturated carbocycles. The van der Waals surface area contributed by atoms with Crippen molar-refractivity contribution in [2.75, 3.05) is 47.5 Å². The van der Waals surface area contributed by atoms with Gasteiger partial charge in [-0.25, -0.2) is 0 Å². The van der Waals surface area contributed by atoms with Crippen LogP contribution in [0.2, 0.25) is 0 Å². The van der Waals surface area contributed by atoms with E-state index >= 15 is 0 Å². The number of amides is 1. The first kappa shape index (κ1) is 25.1. The van der Waals surface area contributed by atoms with Crippen LogP contribution in [-0.2, 0) is 9.59 Å². The number of nitrogens with one attached hydrogen (secondary N) is 1. The molecule has 1 N–H and O–H groups in total. The molecule has 1 fully saturated rings. The third-order valence-electron chi connectivity index (χ3n) is 6.31. The number of Topliss-reactive ketones (excluding diaryl/α,β-unsaturated/α-hetero) is 1. The van der Waals surface area contributed by atoms with Crippen LogP contribution in [0.1, 0.15) is 31.0 Å². The maximum Gasteiger partial charge on any atom is 0.295 e. The van der Waals surface area contributed by atoms with Gasteiger partial charge in [0.1, 0.15) is 5.75 Å². The molecule has 2 aromatic carbocycles. The minimum Gasteiger partial charge on any atom is -0.872 e. The number of carbonyl (C=O) groups excluding carboxylic acids is 2. The molecule has 0 radical (unpaired) electrons. The second kappa shape index (κ2) is 11.1. The van der Waals surface area contributed by atoms with Gasteiger partial charge in [-0.2, -0.15) is 0 Å². The Morgan fingerprint density at radius 2 is 1.59 bits per heavy atom. The van der Waals surface area contributed by atoms with Crippen LogP contribution in [0.25, 0.3) is 5.76 Å². The summed E-state index contributed by atoms with van der Waals surface area (Å²) < 4.78 is 15.9. The van der Waals surface area contributed by atoms with Crippen LogP contribution in [0.5, 0.6) is 17.2 Å². The Morgan fingerprint density at radius 1 is 0.941 bits per heavy atom. The molecule has 1 saturated heterocycles. The fourth-order valence-corrected chi connectivity index (χ4v) is 4.25. The van der Waals surface area contributed by atoms with E-state index in [1.807, 2.05) is 0 Å². The van der Waals surface area contributed by atoms with Crippen LogP contribution in [-0.4, -0.2) is 64.1 Å². The molecule has 1 unspecified atom stereocenters. The predicted molar refractivity (Wildman–Crippen MR) is 126 cm³/mol. The van der Waals surface area contributed by atoms with Crippen molar-refractivity contribution < 1.29 is 33.8 Å². The molecule has 3 rings (SSSR count). The zero-order valence-electron chi connectivity index (χ0n) is 20.3. The number of hydrogen-bond donors (Lipinski definition) is 1. The van der Waals surface area contributed by atoms with Crippen molar-refractivity contribution in [2.24, 2.45) is 0 Å². The van der Waals surface area contributed by atoms with Crippen LogP contribution in [0.15, 0.2) is 48.0 Å². The van der Waals surface area contributed by atoms with Crippen molar-refractivity contribution in [3.8, 4) is 17.2 Å². The molecule has 8 nitrogen and oxygen atoms in total. The van der Waals surface area contributed by atoms with Crippen molar-refractivity contribution in [1.82, 2.24) is 4.90 Å².